The summed E-state index contributed by atoms with van der Waals surface area (Å²) < 4.78 is 5.25. The van der Waals surface area contributed by atoms with Crippen LogP contribution in [0.25, 0.3) is 0 Å². The highest BCUT2D eigenvalue weighted by atomic mass is 16.3. The van der Waals surface area contributed by atoms with E-state index in [1.807, 2.05) is 11.8 Å². The summed E-state index contributed by atoms with van der Waals surface area (Å²) in [4.78, 5) is 14.6. The first kappa shape index (κ1) is 13.7. The van der Waals surface area contributed by atoms with Crippen molar-refractivity contribution in [2.45, 2.75) is 57.6 Å². The summed E-state index contributed by atoms with van der Waals surface area (Å²) in [6, 6.07) is 2.00. The molecule has 1 saturated carbocycles. The number of amides is 1. The van der Waals surface area contributed by atoms with Gasteiger partial charge in [-0.1, -0.05) is 12.8 Å². The van der Waals surface area contributed by atoms with Crippen molar-refractivity contribution in [1.82, 2.24) is 4.90 Å². The van der Waals surface area contributed by atoms with Gasteiger partial charge in [0.05, 0.1) is 11.7 Å². The summed E-state index contributed by atoms with van der Waals surface area (Å²) in [5.41, 5.74) is 0.639. The Balaban J connectivity index is 1.76. The standard InChI is InChI=1S/C16H23NO3/c1-11-9-12(10-20-11)16(19)17-8-4-6-14(17)13-5-2-3-7-15(13)18/h9-10,13-15,18H,2-8H2,1H3/t13-,14+,15+/m0/s1. The van der Waals surface area contributed by atoms with Crippen LogP contribution < -0.4 is 0 Å². The lowest BCUT2D eigenvalue weighted by molar-refractivity contribution is 0.0211. The van der Waals surface area contributed by atoms with Crippen LogP contribution in [0, 0.1) is 12.8 Å². The molecule has 2 fully saturated rings. The fourth-order valence-electron chi connectivity index (χ4n) is 3.80. The van der Waals surface area contributed by atoms with Crippen LogP contribution in [0.3, 0.4) is 0 Å². The van der Waals surface area contributed by atoms with E-state index < -0.39 is 0 Å². The van der Waals surface area contributed by atoms with Crippen molar-refractivity contribution in [3.63, 3.8) is 0 Å². The molecule has 3 rings (SSSR count). The van der Waals surface area contributed by atoms with Crippen LogP contribution in [0.15, 0.2) is 16.7 Å². The first-order valence-corrected chi connectivity index (χ1v) is 7.71. The highest BCUT2D eigenvalue weighted by Gasteiger charge is 2.39. The molecular weight excluding hydrogens is 254 g/mol. The Labute approximate surface area is 119 Å². The van der Waals surface area contributed by atoms with Gasteiger partial charge in [0.15, 0.2) is 0 Å². The highest BCUT2D eigenvalue weighted by Crippen LogP contribution is 2.35. The second-order valence-corrected chi connectivity index (χ2v) is 6.17. The molecule has 3 atom stereocenters. The quantitative estimate of drug-likeness (QED) is 0.904. The number of carbonyl (C=O) groups is 1. The van der Waals surface area contributed by atoms with Crippen LogP contribution in [0.5, 0.6) is 0 Å². The topological polar surface area (TPSA) is 53.7 Å². The van der Waals surface area contributed by atoms with Crippen molar-refractivity contribution in [1.29, 1.82) is 0 Å². The van der Waals surface area contributed by atoms with Crippen molar-refractivity contribution in [2.75, 3.05) is 6.54 Å². The molecule has 2 aliphatic rings. The molecule has 0 radical (unpaired) electrons. The maximum atomic E-state index is 12.6. The zero-order chi connectivity index (χ0) is 14.1. The SMILES string of the molecule is Cc1cc(C(=O)N2CCC[C@@H]2[C@@H]2CCCC[C@H]2O)co1. The van der Waals surface area contributed by atoms with Gasteiger partial charge < -0.3 is 14.4 Å². The van der Waals surface area contributed by atoms with Crippen LogP contribution >= 0.6 is 0 Å². The Bertz CT molecular complexity index is 482. The number of rotatable bonds is 2. The van der Waals surface area contributed by atoms with Crippen LogP contribution in [0.4, 0.5) is 0 Å². The normalized spacial score (nSPS) is 30.7. The molecule has 0 spiro atoms. The minimum Gasteiger partial charge on any atom is -0.469 e. The predicted molar refractivity (Wildman–Crippen MR) is 75.5 cm³/mol. The van der Waals surface area contributed by atoms with Gasteiger partial charge >= 0.3 is 0 Å². The van der Waals surface area contributed by atoms with Crippen LogP contribution in [-0.2, 0) is 0 Å². The van der Waals surface area contributed by atoms with E-state index in [0.29, 0.717) is 5.56 Å². The summed E-state index contributed by atoms with van der Waals surface area (Å²) in [5.74, 6) is 1.08. The third-order valence-electron chi connectivity index (χ3n) is 4.81. The van der Waals surface area contributed by atoms with E-state index in [1.54, 1.807) is 12.3 Å². The molecule has 110 valence electrons. The molecule has 1 amide bonds. The van der Waals surface area contributed by atoms with Crippen LogP contribution in [-0.4, -0.2) is 34.6 Å². The van der Waals surface area contributed by atoms with Crippen LogP contribution in [0.2, 0.25) is 0 Å². The summed E-state index contributed by atoms with van der Waals surface area (Å²) in [7, 11) is 0. The lowest BCUT2D eigenvalue weighted by Crippen LogP contribution is -2.45. The molecule has 1 saturated heterocycles. The maximum absolute atomic E-state index is 12.6. The second kappa shape index (κ2) is 5.60. The van der Waals surface area contributed by atoms with E-state index >= 15 is 0 Å². The lowest BCUT2D eigenvalue weighted by atomic mass is 9.80. The van der Waals surface area contributed by atoms with Crippen LogP contribution in [0.1, 0.15) is 54.6 Å². The first-order valence-electron chi connectivity index (χ1n) is 7.71. The van der Waals surface area contributed by atoms with Gasteiger partial charge in [-0.15, -0.1) is 0 Å². The Morgan fingerprint density at radius 2 is 2.10 bits per heavy atom. The van der Waals surface area contributed by atoms with Gasteiger partial charge in [0.1, 0.15) is 12.0 Å². The largest absolute Gasteiger partial charge is 0.469 e. The van der Waals surface area contributed by atoms with Crippen molar-refractivity contribution in [3.05, 3.63) is 23.7 Å². The highest BCUT2D eigenvalue weighted by molar-refractivity contribution is 5.94. The number of hydrogen-bond donors (Lipinski definition) is 1. The number of hydrogen-bond acceptors (Lipinski definition) is 3. The minimum atomic E-state index is -0.242. The van der Waals surface area contributed by atoms with Gasteiger partial charge in [0.25, 0.3) is 5.91 Å². The average molecular weight is 277 g/mol. The third kappa shape index (κ3) is 2.49. The van der Waals surface area contributed by atoms with Gasteiger partial charge in [-0.2, -0.15) is 0 Å². The Morgan fingerprint density at radius 1 is 1.30 bits per heavy atom. The predicted octanol–water partition coefficient (Wildman–Crippen LogP) is 2.74. The average Bonchev–Trinajstić information content (AvgIpc) is 3.07. The molecule has 0 bridgehead atoms. The molecule has 4 heteroatoms. The van der Waals surface area contributed by atoms with Crippen molar-refractivity contribution < 1.29 is 14.3 Å². The molecule has 1 aliphatic carbocycles. The number of aliphatic hydroxyl groups excluding tert-OH is 1. The maximum Gasteiger partial charge on any atom is 0.257 e. The van der Waals surface area contributed by atoms with E-state index in [4.69, 9.17) is 4.42 Å². The summed E-state index contributed by atoms with van der Waals surface area (Å²) in [6.45, 7) is 2.65. The molecule has 1 N–H and O–H groups in total. The molecule has 0 aromatic carbocycles. The zero-order valence-electron chi connectivity index (χ0n) is 12.0. The molecule has 4 nitrogen and oxygen atoms in total. The smallest absolute Gasteiger partial charge is 0.257 e. The monoisotopic (exact) mass is 277 g/mol. The van der Waals surface area contributed by atoms with Crippen molar-refractivity contribution >= 4 is 5.91 Å². The fraction of sp³-hybridized carbons (Fsp3) is 0.688. The van der Waals surface area contributed by atoms with Crippen molar-refractivity contribution in [2.24, 2.45) is 5.92 Å². The van der Waals surface area contributed by atoms with E-state index in [1.165, 1.54) is 6.42 Å². The Hall–Kier alpha value is -1.29. The van der Waals surface area contributed by atoms with Gasteiger partial charge in [-0.05, 0) is 38.7 Å². The first-order chi connectivity index (χ1) is 9.66. The van der Waals surface area contributed by atoms with Crippen molar-refractivity contribution in [3.8, 4) is 0 Å². The van der Waals surface area contributed by atoms with Gasteiger partial charge in [0, 0.05) is 18.5 Å². The molecular formula is C16H23NO3. The number of furan rings is 1. The molecule has 0 unspecified atom stereocenters. The van der Waals surface area contributed by atoms with E-state index in [0.717, 1.165) is 44.4 Å². The fourth-order valence-corrected chi connectivity index (χ4v) is 3.80. The minimum absolute atomic E-state index is 0.0575. The van der Waals surface area contributed by atoms with E-state index in [2.05, 4.69) is 0 Å². The summed E-state index contributed by atoms with van der Waals surface area (Å²) in [5, 5.41) is 10.2. The summed E-state index contributed by atoms with van der Waals surface area (Å²) in [6.07, 6.45) is 7.57. The van der Waals surface area contributed by atoms with E-state index in [9.17, 15) is 9.90 Å². The number of aryl methyl sites for hydroxylation is 1. The van der Waals surface area contributed by atoms with Gasteiger partial charge in [-0.3, -0.25) is 4.79 Å². The molecule has 1 aromatic rings. The summed E-state index contributed by atoms with van der Waals surface area (Å²) >= 11 is 0. The molecule has 2 heterocycles. The second-order valence-electron chi connectivity index (χ2n) is 6.17. The number of aliphatic hydroxyl groups is 1. The molecule has 1 aliphatic heterocycles. The van der Waals surface area contributed by atoms with Gasteiger partial charge in [0.2, 0.25) is 0 Å². The number of carbonyl (C=O) groups excluding carboxylic acids is 1. The van der Waals surface area contributed by atoms with E-state index in [-0.39, 0.29) is 24.0 Å². The third-order valence-corrected chi connectivity index (χ3v) is 4.81. The molecule has 1 aromatic heterocycles. The Morgan fingerprint density at radius 3 is 2.80 bits per heavy atom. The lowest BCUT2D eigenvalue weighted by Gasteiger charge is -2.37. The number of nitrogens with zero attached hydrogens (tertiary/aromatic N) is 1. The molecule has 20 heavy (non-hydrogen) atoms. The number of likely N-dealkylation sites (tertiary alicyclic amines) is 1. The van der Waals surface area contributed by atoms with Gasteiger partial charge in [-0.25, -0.2) is 0 Å². The Kier molecular flexibility index (Phi) is 3.83. The zero-order valence-corrected chi connectivity index (χ0v) is 12.0.